The molecule has 4 rings (SSSR count). The van der Waals surface area contributed by atoms with Crippen molar-refractivity contribution in [3.63, 3.8) is 0 Å². The minimum atomic E-state index is -0.308. The second-order valence-corrected chi connectivity index (χ2v) is 9.15. The molecule has 0 saturated heterocycles. The molecule has 3 aromatic carbocycles. The number of methoxy groups -OCH3 is 4. The molecule has 0 bridgehead atoms. The van der Waals surface area contributed by atoms with Gasteiger partial charge in [0.2, 0.25) is 5.75 Å². The summed E-state index contributed by atoms with van der Waals surface area (Å²) < 4.78 is 23.4. The van der Waals surface area contributed by atoms with Crippen molar-refractivity contribution in [2.24, 2.45) is 5.10 Å². The van der Waals surface area contributed by atoms with E-state index in [2.05, 4.69) is 20.7 Å². The molecule has 0 aliphatic carbocycles. The first-order valence-corrected chi connectivity index (χ1v) is 12.9. The Hall–Kier alpha value is -4.51. The van der Waals surface area contributed by atoms with Crippen LogP contribution in [0.1, 0.15) is 11.1 Å². The van der Waals surface area contributed by atoms with Crippen LogP contribution in [0.15, 0.2) is 70.9 Å². The average Bonchev–Trinajstić information content (AvgIpc) is 3.39. The second kappa shape index (κ2) is 12.8. The van der Waals surface area contributed by atoms with Crippen LogP contribution < -0.4 is 24.4 Å². The Morgan fingerprint density at radius 1 is 0.897 bits per heavy atom. The SMILES string of the molecule is COc1ccc(-n2c(SCC(=O)N/N=C\c3ccc(OC)c(OC)c3OC)nnc2-c2ccc(C)cc2)cc1. The molecule has 1 amide bonds. The molecule has 11 heteroatoms. The predicted molar refractivity (Wildman–Crippen MR) is 151 cm³/mol. The van der Waals surface area contributed by atoms with Gasteiger partial charge in [0.05, 0.1) is 40.4 Å². The number of nitrogens with zero attached hydrogens (tertiary/aromatic N) is 4. The van der Waals surface area contributed by atoms with Crippen molar-refractivity contribution in [3.8, 4) is 40.1 Å². The van der Waals surface area contributed by atoms with E-state index in [4.69, 9.17) is 18.9 Å². The number of aromatic nitrogens is 3. The van der Waals surface area contributed by atoms with Crippen LogP contribution in [0.25, 0.3) is 17.1 Å². The summed E-state index contributed by atoms with van der Waals surface area (Å²) in [5, 5.41) is 13.5. The molecule has 202 valence electrons. The van der Waals surface area contributed by atoms with Crippen molar-refractivity contribution in [1.82, 2.24) is 20.2 Å². The Morgan fingerprint density at radius 2 is 1.62 bits per heavy atom. The molecule has 0 fully saturated rings. The Kier molecular flexibility index (Phi) is 9.06. The van der Waals surface area contributed by atoms with Crippen LogP contribution in [0.2, 0.25) is 0 Å². The summed E-state index contributed by atoms with van der Waals surface area (Å²) >= 11 is 1.25. The fourth-order valence-corrected chi connectivity index (χ4v) is 4.52. The number of hydrogen-bond acceptors (Lipinski definition) is 9. The highest BCUT2D eigenvalue weighted by Crippen LogP contribution is 2.39. The van der Waals surface area contributed by atoms with Crippen molar-refractivity contribution in [1.29, 1.82) is 0 Å². The largest absolute Gasteiger partial charge is 0.497 e. The van der Waals surface area contributed by atoms with Gasteiger partial charge in [0.25, 0.3) is 5.91 Å². The van der Waals surface area contributed by atoms with Gasteiger partial charge in [0.15, 0.2) is 22.5 Å². The molecule has 4 aromatic rings. The van der Waals surface area contributed by atoms with E-state index < -0.39 is 0 Å². The zero-order chi connectivity index (χ0) is 27.8. The number of ether oxygens (including phenoxy) is 4. The highest BCUT2D eigenvalue weighted by Gasteiger charge is 2.18. The van der Waals surface area contributed by atoms with Crippen LogP contribution in [0, 0.1) is 6.92 Å². The predicted octanol–water partition coefficient (Wildman–Crippen LogP) is 4.52. The summed E-state index contributed by atoms with van der Waals surface area (Å²) in [6.45, 7) is 2.03. The number of nitrogens with one attached hydrogen (secondary N) is 1. The van der Waals surface area contributed by atoms with Gasteiger partial charge in [-0.1, -0.05) is 41.6 Å². The monoisotopic (exact) mass is 547 g/mol. The van der Waals surface area contributed by atoms with Crippen LogP contribution in [-0.2, 0) is 4.79 Å². The maximum atomic E-state index is 12.6. The first-order valence-electron chi connectivity index (χ1n) is 11.9. The molecule has 1 N–H and O–H groups in total. The number of carbonyl (C=O) groups excluding carboxylic acids is 1. The Morgan fingerprint density at radius 3 is 2.26 bits per heavy atom. The van der Waals surface area contributed by atoms with E-state index >= 15 is 0 Å². The lowest BCUT2D eigenvalue weighted by molar-refractivity contribution is -0.118. The second-order valence-electron chi connectivity index (χ2n) is 8.21. The van der Waals surface area contributed by atoms with Crippen LogP contribution in [-0.4, -0.2) is 61.1 Å². The number of carbonyl (C=O) groups is 1. The minimum Gasteiger partial charge on any atom is -0.497 e. The third-order valence-corrected chi connectivity index (χ3v) is 6.66. The van der Waals surface area contributed by atoms with Crippen LogP contribution in [0.5, 0.6) is 23.0 Å². The lowest BCUT2D eigenvalue weighted by Gasteiger charge is -2.13. The smallest absolute Gasteiger partial charge is 0.250 e. The van der Waals surface area contributed by atoms with Gasteiger partial charge in [0, 0.05) is 16.8 Å². The highest BCUT2D eigenvalue weighted by atomic mass is 32.2. The molecule has 0 radical (unpaired) electrons. The summed E-state index contributed by atoms with van der Waals surface area (Å²) in [6.07, 6.45) is 1.48. The average molecular weight is 548 g/mol. The van der Waals surface area contributed by atoms with Gasteiger partial charge in [-0.3, -0.25) is 9.36 Å². The number of hydrazone groups is 1. The molecule has 39 heavy (non-hydrogen) atoms. The molecule has 1 aromatic heterocycles. The van der Waals surface area contributed by atoms with E-state index in [-0.39, 0.29) is 11.7 Å². The quantitative estimate of drug-likeness (QED) is 0.166. The normalized spacial score (nSPS) is 10.9. The maximum absolute atomic E-state index is 12.6. The fraction of sp³-hybridized carbons (Fsp3) is 0.214. The van der Waals surface area contributed by atoms with Crippen molar-refractivity contribution >= 4 is 23.9 Å². The Bertz CT molecular complexity index is 1450. The van der Waals surface area contributed by atoms with Crippen molar-refractivity contribution in [2.75, 3.05) is 34.2 Å². The van der Waals surface area contributed by atoms with Gasteiger partial charge in [-0.15, -0.1) is 10.2 Å². The summed E-state index contributed by atoms with van der Waals surface area (Å²) in [4.78, 5) is 12.6. The molecule has 0 aliphatic rings. The third kappa shape index (κ3) is 6.32. The zero-order valence-corrected chi connectivity index (χ0v) is 23.1. The number of aryl methyl sites for hydroxylation is 1. The summed E-state index contributed by atoms with van der Waals surface area (Å²) in [7, 11) is 6.21. The van der Waals surface area contributed by atoms with E-state index in [0.717, 1.165) is 22.6 Å². The van der Waals surface area contributed by atoms with Crippen LogP contribution in [0.3, 0.4) is 0 Å². The van der Waals surface area contributed by atoms with Gasteiger partial charge in [-0.2, -0.15) is 5.10 Å². The summed E-state index contributed by atoms with van der Waals surface area (Å²) in [6, 6.07) is 19.1. The highest BCUT2D eigenvalue weighted by molar-refractivity contribution is 7.99. The number of amides is 1. The number of hydrogen-bond donors (Lipinski definition) is 1. The van der Waals surface area contributed by atoms with Crippen molar-refractivity contribution in [3.05, 3.63) is 71.8 Å². The first-order chi connectivity index (χ1) is 19.0. The van der Waals surface area contributed by atoms with Gasteiger partial charge in [-0.25, -0.2) is 5.43 Å². The molecule has 0 spiro atoms. The number of benzene rings is 3. The van der Waals surface area contributed by atoms with Crippen LogP contribution in [0.4, 0.5) is 0 Å². The summed E-state index contributed by atoms with van der Waals surface area (Å²) in [5.41, 5.74) is 6.06. The van der Waals surface area contributed by atoms with E-state index in [1.807, 2.05) is 60.0 Å². The minimum absolute atomic E-state index is 0.0720. The lowest BCUT2D eigenvalue weighted by Crippen LogP contribution is -2.20. The first kappa shape index (κ1) is 27.5. The maximum Gasteiger partial charge on any atom is 0.250 e. The molecular weight excluding hydrogens is 518 g/mol. The molecule has 10 nitrogen and oxygen atoms in total. The van der Waals surface area contributed by atoms with Gasteiger partial charge in [0.1, 0.15) is 5.75 Å². The van der Waals surface area contributed by atoms with Gasteiger partial charge >= 0.3 is 0 Å². The van der Waals surface area contributed by atoms with E-state index in [0.29, 0.717) is 33.8 Å². The molecule has 0 atom stereocenters. The molecule has 0 aliphatic heterocycles. The Labute approximate surface area is 231 Å². The fourth-order valence-electron chi connectivity index (χ4n) is 3.78. The van der Waals surface area contributed by atoms with Crippen molar-refractivity contribution < 1.29 is 23.7 Å². The standard InChI is InChI=1S/C28H29N5O5S/c1-18-6-8-19(9-7-18)27-31-32-28(33(27)21-11-13-22(35-2)14-12-21)39-17-24(34)30-29-16-20-10-15-23(36-3)26(38-5)25(20)37-4/h6-16H,17H2,1-5H3,(H,30,34)/b29-16-. The molecule has 1 heterocycles. The number of rotatable bonds is 11. The molecule has 0 saturated carbocycles. The van der Waals surface area contributed by atoms with Crippen molar-refractivity contribution in [2.45, 2.75) is 12.1 Å². The topological polar surface area (TPSA) is 109 Å². The third-order valence-electron chi connectivity index (χ3n) is 5.73. The molecular formula is C28H29N5O5S. The lowest BCUT2D eigenvalue weighted by atomic mass is 10.1. The summed E-state index contributed by atoms with van der Waals surface area (Å²) in [5.74, 6) is 2.58. The van der Waals surface area contributed by atoms with Gasteiger partial charge < -0.3 is 18.9 Å². The van der Waals surface area contributed by atoms with E-state index in [1.165, 1.54) is 32.2 Å². The zero-order valence-electron chi connectivity index (χ0n) is 22.3. The van der Waals surface area contributed by atoms with E-state index in [1.54, 1.807) is 26.4 Å². The van der Waals surface area contributed by atoms with Crippen LogP contribution >= 0.6 is 11.8 Å². The number of thioether (sulfide) groups is 1. The molecule has 0 unspecified atom stereocenters. The Balaban J connectivity index is 1.51. The van der Waals surface area contributed by atoms with E-state index in [9.17, 15) is 4.79 Å². The van der Waals surface area contributed by atoms with Gasteiger partial charge in [-0.05, 0) is 43.3 Å².